The Morgan fingerprint density at radius 1 is 1.47 bits per heavy atom. The molecule has 0 atom stereocenters. The molecular formula is C13H12ClN3O2. The van der Waals surface area contributed by atoms with Gasteiger partial charge in [-0.15, -0.1) is 5.10 Å². The van der Waals surface area contributed by atoms with Crippen molar-refractivity contribution in [3.05, 3.63) is 40.9 Å². The Morgan fingerprint density at radius 2 is 2.26 bits per heavy atom. The zero-order chi connectivity index (χ0) is 13.8. The van der Waals surface area contributed by atoms with Crippen molar-refractivity contribution < 1.29 is 9.53 Å². The molecule has 0 aromatic carbocycles. The van der Waals surface area contributed by atoms with Crippen molar-refractivity contribution in [1.82, 2.24) is 15.2 Å². The van der Waals surface area contributed by atoms with Gasteiger partial charge in [-0.05, 0) is 26.0 Å². The molecule has 0 unspecified atom stereocenters. The van der Waals surface area contributed by atoms with Crippen molar-refractivity contribution >= 4 is 17.6 Å². The summed E-state index contributed by atoms with van der Waals surface area (Å²) >= 11 is 5.97. The Hall–Kier alpha value is -2.01. The second-order valence-electron chi connectivity index (χ2n) is 3.81. The highest BCUT2D eigenvalue weighted by atomic mass is 35.5. The number of carbonyl (C=O) groups is 1. The molecule has 0 aliphatic rings. The van der Waals surface area contributed by atoms with E-state index in [1.165, 1.54) is 6.20 Å². The molecule has 2 aromatic heterocycles. The molecule has 5 nitrogen and oxygen atoms in total. The van der Waals surface area contributed by atoms with E-state index in [4.69, 9.17) is 16.3 Å². The van der Waals surface area contributed by atoms with Gasteiger partial charge in [0.05, 0.1) is 24.1 Å². The van der Waals surface area contributed by atoms with Gasteiger partial charge in [-0.3, -0.25) is 4.98 Å². The van der Waals surface area contributed by atoms with Crippen molar-refractivity contribution in [2.45, 2.75) is 13.8 Å². The average Bonchev–Trinajstić information content (AvgIpc) is 2.40. The van der Waals surface area contributed by atoms with Crippen LogP contribution in [0.4, 0.5) is 0 Å². The van der Waals surface area contributed by atoms with Gasteiger partial charge in [0.1, 0.15) is 0 Å². The third-order valence-corrected chi connectivity index (χ3v) is 2.85. The van der Waals surface area contributed by atoms with Crippen LogP contribution in [0.15, 0.2) is 24.5 Å². The minimum Gasteiger partial charge on any atom is -0.462 e. The maximum Gasteiger partial charge on any atom is 0.339 e. The number of esters is 1. The quantitative estimate of drug-likeness (QED) is 0.807. The van der Waals surface area contributed by atoms with Crippen molar-refractivity contribution in [3.63, 3.8) is 0 Å². The molecule has 0 saturated heterocycles. The normalized spacial score (nSPS) is 10.3. The highest BCUT2D eigenvalue weighted by molar-refractivity contribution is 6.32. The Labute approximate surface area is 115 Å². The van der Waals surface area contributed by atoms with Crippen molar-refractivity contribution in [3.8, 4) is 11.1 Å². The zero-order valence-corrected chi connectivity index (χ0v) is 11.3. The minimum atomic E-state index is -0.396. The summed E-state index contributed by atoms with van der Waals surface area (Å²) in [6.07, 6.45) is 3.17. The third-order valence-electron chi connectivity index (χ3n) is 2.57. The van der Waals surface area contributed by atoms with Gasteiger partial charge in [0.2, 0.25) is 0 Å². The number of hydrogen-bond donors (Lipinski definition) is 0. The summed E-state index contributed by atoms with van der Waals surface area (Å²) in [6, 6.07) is 3.42. The summed E-state index contributed by atoms with van der Waals surface area (Å²) in [6.45, 7) is 3.83. The molecule has 0 amide bonds. The largest absolute Gasteiger partial charge is 0.462 e. The first-order chi connectivity index (χ1) is 9.13. The van der Waals surface area contributed by atoms with Gasteiger partial charge in [0, 0.05) is 17.3 Å². The molecule has 0 N–H and O–H groups in total. The number of aryl methyl sites for hydroxylation is 1. The number of halogens is 1. The van der Waals surface area contributed by atoms with Gasteiger partial charge in [-0.2, -0.15) is 5.10 Å². The van der Waals surface area contributed by atoms with Crippen LogP contribution in [-0.4, -0.2) is 27.8 Å². The Bertz CT molecular complexity index is 617. The van der Waals surface area contributed by atoms with E-state index >= 15 is 0 Å². The van der Waals surface area contributed by atoms with Crippen LogP contribution < -0.4 is 0 Å². The summed E-state index contributed by atoms with van der Waals surface area (Å²) in [5, 5.41) is 7.71. The van der Waals surface area contributed by atoms with Gasteiger partial charge < -0.3 is 4.74 Å². The van der Waals surface area contributed by atoms with Gasteiger partial charge in [-0.1, -0.05) is 11.6 Å². The first-order valence-corrected chi connectivity index (χ1v) is 6.12. The third kappa shape index (κ3) is 2.88. The molecule has 0 spiro atoms. The van der Waals surface area contributed by atoms with Crippen LogP contribution in [0.3, 0.4) is 0 Å². The fraction of sp³-hybridized carbons (Fsp3) is 0.231. The molecule has 0 bridgehead atoms. The fourth-order valence-electron chi connectivity index (χ4n) is 1.63. The number of ether oxygens (including phenoxy) is 1. The van der Waals surface area contributed by atoms with Crippen molar-refractivity contribution in [1.29, 1.82) is 0 Å². The number of rotatable bonds is 3. The maximum atomic E-state index is 11.8. The summed E-state index contributed by atoms with van der Waals surface area (Å²) in [5.41, 5.74) is 2.41. The predicted octanol–water partition coefficient (Wildman–Crippen LogP) is 2.68. The van der Waals surface area contributed by atoms with E-state index in [9.17, 15) is 4.79 Å². The molecule has 2 aromatic rings. The van der Waals surface area contributed by atoms with Crippen LogP contribution >= 0.6 is 11.6 Å². The number of aromatic nitrogens is 3. The highest BCUT2D eigenvalue weighted by Crippen LogP contribution is 2.26. The first-order valence-electron chi connectivity index (χ1n) is 5.74. The summed E-state index contributed by atoms with van der Waals surface area (Å²) in [7, 11) is 0. The van der Waals surface area contributed by atoms with Crippen LogP contribution in [0.2, 0.25) is 5.15 Å². The van der Waals surface area contributed by atoms with E-state index in [-0.39, 0.29) is 5.15 Å². The van der Waals surface area contributed by atoms with E-state index in [0.29, 0.717) is 29.0 Å². The van der Waals surface area contributed by atoms with E-state index in [1.807, 2.05) is 0 Å². The SMILES string of the molecule is CCOC(=O)c1cc(-c2ccnnc2Cl)cnc1C. The standard InChI is InChI=1S/C13H12ClN3O2/c1-3-19-13(18)11-6-9(7-15-8(11)2)10-4-5-16-17-12(10)14/h4-7H,3H2,1-2H3. The van der Waals surface area contributed by atoms with E-state index < -0.39 is 5.97 Å². The lowest BCUT2D eigenvalue weighted by molar-refractivity contribution is 0.0525. The number of nitrogens with zero attached hydrogens (tertiary/aromatic N) is 3. The number of pyridine rings is 1. The smallest absolute Gasteiger partial charge is 0.339 e. The Kier molecular flexibility index (Phi) is 4.06. The fourth-order valence-corrected chi connectivity index (χ4v) is 1.84. The van der Waals surface area contributed by atoms with Gasteiger partial charge >= 0.3 is 5.97 Å². The molecule has 0 radical (unpaired) electrons. The Morgan fingerprint density at radius 3 is 2.95 bits per heavy atom. The van der Waals surface area contributed by atoms with Crippen LogP contribution in [0.5, 0.6) is 0 Å². The Balaban J connectivity index is 2.47. The van der Waals surface area contributed by atoms with Crippen LogP contribution in [-0.2, 0) is 4.74 Å². The molecule has 98 valence electrons. The molecule has 0 saturated carbocycles. The maximum absolute atomic E-state index is 11.8. The van der Waals surface area contributed by atoms with E-state index in [0.717, 1.165) is 0 Å². The molecule has 19 heavy (non-hydrogen) atoms. The lowest BCUT2D eigenvalue weighted by Gasteiger charge is -2.08. The van der Waals surface area contributed by atoms with Crippen molar-refractivity contribution in [2.75, 3.05) is 6.61 Å². The van der Waals surface area contributed by atoms with Crippen molar-refractivity contribution in [2.24, 2.45) is 0 Å². The monoisotopic (exact) mass is 277 g/mol. The minimum absolute atomic E-state index is 0.267. The highest BCUT2D eigenvalue weighted by Gasteiger charge is 2.14. The summed E-state index contributed by atoms with van der Waals surface area (Å²) < 4.78 is 4.99. The second kappa shape index (κ2) is 5.75. The van der Waals surface area contributed by atoms with E-state index in [1.54, 1.807) is 32.2 Å². The van der Waals surface area contributed by atoms with Gasteiger partial charge in [0.25, 0.3) is 0 Å². The lowest BCUT2D eigenvalue weighted by atomic mass is 10.1. The van der Waals surface area contributed by atoms with E-state index in [2.05, 4.69) is 15.2 Å². The molecule has 2 rings (SSSR count). The first kappa shape index (κ1) is 13.4. The topological polar surface area (TPSA) is 65.0 Å². The predicted molar refractivity (Wildman–Crippen MR) is 71.0 cm³/mol. The zero-order valence-electron chi connectivity index (χ0n) is 10.6. The number of hydrogen-bond acceptors (Lipinski definition) is 5. The molecule has 0 aliphatic heterocycles. The molecule has 6 heteroatoms. The van der Waals surface area contributed by atoms with Crippen LogP contribution in [0.1, 0.15) is 23.0 Å². The molecular weight excluding hydrogens is 266 g/mol. The summed E-state index contributed by atoms with van der Waals surface area (Å²) in [4.78, 5) is 16.0. The van der Waals surface area contributed by atoms with Gasteiger partial charge in [-0.25, -0.2) is 4.79 Å². The molecule has 0 aliphatic carbocycles. The van der Waals surface area contributed by atoms with Gasteiger partial charge in [0.15, 0.2) is 5.15 Å². The average molecular weight is 278 g/mol. The second-order valence-corrected chi connectivity index (χ2v) is 4.17. The van der Waals surface area contributed by atoms with Crippen LogP contribution in [0.25, 0.3) is 11.1 Å². The summed E-state index contributed by atoms with van der Waals surface area (Å²) in [5.74, 6) is -0.396. The molecule has 0 fully saturated rings. The lowest BCUT2D eigenvalue weighted by Crippen LogP contribution is -2.08. The van der Waals surface area contributed by atoms with Crippen LogP contribution in [0, 0.1) is 6.92 Å². The molecule has 2 heterocycles. The number of carbonyl (C=O) groups excluding carboxylic acids is 1.